The van der Waals surface area contributed by atoms with Gasteiger partial charge in [-0.25, -0.2) is 0 Å². The van der Waals surface area contributed by atoms with E-state index < -0.39 is 0 Å². The first-order valence-electron chi connectivity index (χ1n) is 7.09. The van der Waals surface area contributed by atoms with Crippen LogP contribution in [0.4, 0.5) is 0 Å². The Kier molecular flexibility index (Phi) is 5.25. The van der Waals surface area contributed by atoms with Crippen LogP contribution in [-0.4, -0.2) is 12.5 Å². The van der Waals surface area contributed by atoms with Crippen LogP contribution in [0.1, 0.15) is 44.1 Å². The summed E-state index contributed by atoms with van der Waals surface area (Å²) in [6, 6.07) is 9.84. The van der Waals surface area contributed by atoms with Crippen molar-refractivity contribution in [1.29, 1.82) is 0 Å². The van der Waals surface area contributed by atoms with E-state index in [1.807, 2.05) is 30.3 Å². The summed E-state index contributed by atoms with van der Waals surface area (Å²) in [6.45, 7) is 0.710. The lowest BCUT2D eigenvalue weighted by Crippen LogP contribution is -2.19. The minimum Gasteiger partial charge on any atom is -0.273 e. The van der Waals surface area contributed by atoms with Gasteiger partial charge >= 0.3 is 0 Å². The number of hydrogen-bond acceptors (Lipinski definition) is 1. The van der Waals surface area contributed by atoms with Crippen molar-refractivity contribution < 1.29 is 4.79 Å². The Bertz CT molecular complexity index is 355. The molecule has 1 aliphatic rings. The first-order valence-corrected chi connectivity index (χ1v) is 7.09. The van der Waals surface area contributed by atoms with E-state index in [1.165, 1.54) is 32.1 Å². The molecule has 1 aliphatic carbocycles. The fraction of sp³-hybridized carbons (Fsp3) is 0.562. The standard InChI is InChI=1S/C16H22NO/c18-16(13-15-9-2-1-3-10-15)17-12-6-11-14-7-4-5-8-14/h1-3,9-10,14H,4-8,11-13H2. The third kappa shape index (κ3) is 4.52. The van der Waals surface area contributed by atoms with E-state index in [9.17, 15) is 4.79 Å². The molecule has 0 atom stereocenters. The lowest BCUT2D eigenvalue weighted by molar-refractivity contribution is -0.120. The van der Waals surface area contributed by atoms with E-state index in [4.69, 9.17) is 0 Å². The molecule has 0 unspecified atom stereocenters. The summed E-state index contributed by atoms with van der Waals surface area (Å²) in [5.41, 5.74) is 1.06. The quantitative estimate of drug-likeness (QED) is 0.706. The number of nitrogens with zero attached hydrogens (tertiary/aromatic N) is 1. The molecule has 0 aromatic heterocycles. The molecule has 1 amide bonds. The molecular formula is C16H22NO. The molecular weight excluding hydrogens is 222 g/mol. The second-order valence-electron chi connectivity index (χ2n) is 5.23. The van der Waals surface area contributed by atoms with E-state index in [0.717, 1.165) is 17.9 Å². The lowest BCUT2D eigenvalue weighted by Gasteiger charge is -2.07. The summed E-state index contributed by atoms with van der Waals surface area (Å²) in [7, 11) is 0. The molecule has 1 aromatic rings. The lowest BCUT2D eigenvalue weighted by atomic mass is 10.0. The van der Waals surface area contributed by atoms with Gasteiger partial charge in [0.2, 0.25) is 5.91 Å². The third-order valence-corrected chi connectivity index (χ3v) is 3.73. The Labute approximate surface area is 110 Å². The van der Waals surface area contributed by atoms with Crippen molar-refractivity contribution in [2.24, 2.45) is 5.92 Å². The summed E-state index contributed by atoms with van der Waals surface area (Å²) in [5.74, 6) is 0.928. The van der Waals surface area contributed by atoms with Crippen LogP contribution >= 0.6 is 0 Å². The molecule has 18 heavy (non-hydrogen) atoms. The van der Waals surface area contributed by atoms with Gasteiger partial charge in [0.15, 0.2) is 0 Å². The van der Waals surface area contributed by atoms with Gasteiger partial charge in [-0.1, -0.05) is 56.0 Å². The summed E-state index contributed by atoms with van der Waals surface area (Å²) in [5, 5.41) is 4.14. The topological polar surface area (TPSA) is 31.2 Å². The molecule has 0 spiro atoms. The summed E-state index contributed by atoms with van der Waals surface area (Å²) in [6.07, 6.45) is 8.34. The molecule has 0 saturated heterocycles. The normalized spacial score (nSPS) is 15.8. The van der Waals surface area contributed by atoms with Crippen LogP contribution in [0.3, 0.4) is 0 Å². The van der Waals surface area contributed by atoms with Gasteiger partial charge in [-0.15, -0.1) is 0 Å². The maximum absolute atomic E-state index is 11.6. The smallest absolute Gasteiger partial charge is 0.245 e. The van der Waals surface area contributed by atoms with Gasteiger partial charge in [-0.2, -0.15) is 0 Å². The van der Waals surface area contributed by atoms with Crippen LogP contribution in [0.15, 0.2) is 30.3 Å². The van der Waals surface area contributed by atoms with Crippen LogP contribution < -0.4 is 5.32 Å². The van der Waals surface area contributed by atoms with Crippen molar-refractivity contribution in [3.05, 3.63) is 35.9 Å². The van der Waals surface area contributed by atoms with Crippen LogP contribution in [0.5, 0.6) is 0 Å². The maximum atomic E-state index is 11.6. The summed E-state index contributed by atoms with van der Waals surface area (Å²) >= 11 is 0. The number of hydrogen-bond donors (Lipinski definition) is 0. The van der Waals surface area contributed by atoms with E-state index >= 15 is 0 Å². The minimum absolute atomic E-state index is 0.0209. The van der Waals surface area contributed by atoms with Gasteiger partial charge in [0.05, 0.1) is 6.42 Å². The van der Waals surface area contributed by atoms with Crippen LogP contribution in [0.2, 0.25) is 0 Å². The number of carbonyl (C=O) groups is 1. The highest BCUT2D eigenvalue weighted by molar-refractivity contribution is 5.78. The molecule has 0 N–H and O–H groups in total. The van der Waals surface area contributed by atoms with E-state index in [-0.39, 0.29) is 5.91 Å². The van der Waals surface area contributed by atoms with Crippen LogP contribution in [0.25, 0.3) is 0 Å². The van der Waals surface area contributed by atoms with Gasteiger partial charge in [0.25, 0.3) is 0 Å². The van der Waals surface area contributed by atoms with Gasteiger partial charge < -0.3 is 0 Å². The zero-order valence-corrected chi connectivity index (χ0v) is 11.0. The third-order valence-electron chi connectivity index (χ3n) is 3.73. The summed E-state index contributed by atoms with van der Waals surface area (Å²) in [4.78, 5) is 11.6. The Morgan fingerprint density at radius 3 is 2.61 bits per heavy atom. The predicted octanol–water partition coefficient (Wildman–Crippen LogP) is 3.33. The highest BCUT2D eigenvalue weighted by atomic mass is 16.1. The summed E-state index contributed by atoms with van der Waals surface area (Å²) < 4.78 is 0. The monoisotopic (exact) mass is 244 g/mol. The maximum Gasteiger partial charge on any atom is 0.245 e. The zero-order chi connectivity index (χ0) is 12.6. The highest BCUT2D eigenvalue weighted by Gasteiger charge is 2.14. The van der Waals surface area contributed by atoms with Crippen molar-refractivity contribution in [2.75, 3.05) is 6.54 Å². The minimum atomic E-state index is 0.0209. The fourth-order valence-corrected chi connectivity index (χ4v) is 2.71. The molecule has 1 saturated carbocycles. The second kappa shape index (κ2) is 7.20. The van der Waals surface area contributed by atoms with Gasteiger partial charge in [0.1, 0.15) is 0 Å². The number of benzene rings is 1. The van der Waals surface area contributed by atoms with Crippen molar-refractivity contribution in [3.8, 4) is 0 Å². The van der Waals surface area contributed by atoms with E-state index in [0.29, 0.717) is 13.0 Å². The second-order valence-corrected chi connectivity index (χ2v) is 5.23. The Balaban J connectivity index is 1.57. The first kappa shape index (κ1) is 13.1. The molecule has 2 nitrogen and oxygen atoms in total. The Morgan fingerprint density at radius 2 is 1.89 bits per heavy atom. The van der Waals surface area contributed by atoms with Gasteiger partial charge in [-0.05, 0) is 24.3 Å². The van der Waals surface area contributed by atoms with Gasteiger partial charge in [-0.3, -0.25) is 10.1 Å². The van der Waals surface area contributed by atoms with E-state index in [2.05, 4.69) is 5.32 Å². The van der Waals surface area contributed by atoms with Crippen LogP contribution in [0, 0.1) is 5.92 Å². The molecule has 2 heteroatoms. The van der Waals surface area contributed by atoms with Crippen molar-refractivity contribution in [3.63, 3.8) is 0 Å². The van der Waals surface area contributed by atoms with Gasteiger partial charge in [0, 0.05) is 6.54 Å². The molecule has 0 bridgehead atoms. The predicted molar refractivity (Wildman–Crippen MR) is 73.3 cm³/mol. The zero-order valence-electron chi connectivity index (χ0n) is 11.0. The molecule has 1 aromatic carbocycles. The van der Waals surface area contributed by atoms with Crippen molar-refractivity contribution >= 4 is 5.91 Å². The Morgan fingerprint density at radius 1 is 1.17 bits per heavy atom. The van der Waals surface area contributed by atoms with Crippen molar-refractivity contribution in [1.82, 2.24) is 5.32 Å². The Hall–Kier alpha value is -1.31. The molecule has 1 fully saturated rings. The number of amides is 1. The van der Waals surface area contributed by atoms with Crippen molar-refractivity contribution in [2.45, 2.75) is 44.9 Å². The molecule has 0 heterocycles. The molecule has 97 valence electrons. The molecule has 2 rings (SSSR count). The highest BCUT2D eigenvalue weighted by Crippen LogP contribution is 2.28. The number of rotatable bonds is 6. The first-order chi connectivity index (χ1) is 8.84. The molecule has 0 aliphatic heterocycles. The van der Waals surface area contributed by atoms with E-state index in [1.54, 1.807) is 0 Å². The number of carbonyl (C=O) groups excluding carboxylic acids is 1. The average Bonchev–Trinajstić information content (AvgIpc) is 2.89. The SMILES string of the molecule is O=C(Cc1ccccc1)[N]CCCC1CCCC1. The molecule has 1 radical (unpaired) electrons. The fourth-order valence-electron chi connectivity index (χ4n) is 2.71. The average molecular weight is 244 g/mol. The largest absolute Gasteiger partial charge is 0.273 e. The van der Waals surface area contributed by atoms with Crippen LogP contribution in [-0.2, 0) is 11.2 Å².